The zero-order valence-electron chi connectivity index (χ0n) is 12.8. The van der Waals surface area contributed by atoms with E-state index in [0.717, 1.165) is 38.4 Å². The number of nitrogens with zero attached hydrogens (tertiary/aromatic N) is 1. The Bertz CT molecular complexity index is 333. The van der Waals surface area contributed by atoms with Crippen molar-refractivity contribution in [1.29, 1.82) is 0 Å². The van der Waals surface area contributed by atoms with Crippen LogP contribution in [-0.2, 0) is 0 Å². The van der Waals surface area contributed by atoms with Gasteiger partial charge in [-0.15, -0.1) is 0 Å². The molecular formula is C16H28N2O. The Labute approximate surface area is 118 Å². The predicted octanol–water partition coefficient (Wildman–Crippen LogP) is 3.08. The zero-order valence-corrected chi connectivity index (χ0v) is 12.8. The van der Waals surface area contributed by atoms with Gasteiger partial charge in [0.15, 0.2) is 0 Å². The number of nitrogens with one attached hydrogen (secondary N) is 1. The number of hydrogen-bond donors (Lipinski definition) is 1. The fourth-order valence-corrected chi connectivity index (χ4v) is 2.12. The molecule has 1 N–H and O–H groups in total. The lowest BCUT2D eigenvalue weighted by atomic mass is 10.1. The minimum Gasteiger partial charge on any atom is -0.494 e. The molecule has 0 saturated heterocycles. The highest BCUT2D eigenvalue weighted by atomic mass is 16.5. The molecular weight excluding hydrogens is 236 g/mol. The van der Waals surface area contributed by atoms with Gasteiger partial charge in [0.05, 0.1) is 6.61 Å². The summed E-state index contributed by atoms with van der Waals surface area (Å²) in [5, 5.41) is 3.40. The topological polar surface area (TPSA) is 24.5 Å². The minimum atomic E-state index is 0.375. The standard InChI is InChI=1S/C16H28N2O/c1-5-12-19-15-10-8-14(9-11-15)16(17-4)13-18(6-2)7-3/h8-11,16-17H,5-7,12-13H2,1-4H3. The van der Waals surface area contributed by atoms with E-state index in [9.17, 15) is 0 Å². The lowest BCUT2D eigenvalue weighted by Gasteiger charge is -2.25. The van der Waals surface area contributed by atoms with Crippen LogP contribution in [0.3, 0.4) is 0 Å². The Balaban J connectivity index is 2.65. The second kappa shape index (κ2) is 8.94. The van der Waals surface area contributed by atoms with Crippen LogP contribution in [0.4, 0.5) is 0 Å². The minimum absolute atomic E-state index is 0.375. The van der Waals surface area contributed by atoms with Crippen molar-refractivity contribution >= 4 is 0 Å². The van der Waals surface area contributed by atoms with E-state index in [4.69, 9.17) is 4.74 Å². The number of benzene rings is 1. The maximum atomic E-state index is 5.62. The molecule has 0 heterocycles. The van der Waals surface area contributed by atoms with Gasteiger partial charge in [-0.2, -0.15) is 0 Å². The van der Waals surface area contributed by atoms with Crippen LogP contribution in [0.5, 0.6) is 5.75 Å². The monoisotopic (exact) mass is 264 g/mol. The highest BCUT2D eigenvalue weighted by Gasteiger charge is 2.12. The Hall–Kier alpha value is -1.06. The second-order valence-electron chi connectivity index (χ2n) is 4.74. The summed E-state index contributed by atoms with van der Waals surface area (Å²) >= 11 is 0. The summed E-state index contributed by atoms with van der Waals surface area (Å²) in [6.07, 6.45) is 1.04. The molecule has 1 unspecified atom stereocenters. The largest absolute Gasteiger partial charge is 0.494 e. The molecule has 1 aromatic carbocycles. The van der Waals surface area contributed by atoms with E-state index < -0.39 is 0 Å². The van der Waals surface area contributed by atoms with Gasteiger partial charge in [0.25, 0.3) is 0 Å². The first-order chi connectivity index (χ1) is 9.24. The number of likely N-dealkylation sites (N-methyl/N-ethyl adjacent to an activating group) is 2. The van der Waals surface area contributed by atoms with Gasteiger partial charge in [-0.05, 0) is 44.3 Å². The molecule has 1 aromatic rings. The van der Waals surface area contributed by atoms with Crippen LogP contribution < -0.4 is 10.1 Å². The van der Waals surface area contributed by atoms with Gasteiger partial charge < -0.3 is 15.0 Å². The van der Waals surface area contributed by atoms with Crippen LogP contribution in [0.1, 0.15) is 38.8 Å². The lowest BCUT2D eigenvalue weighted by Crippen LogP contribution is -2.33. The van der Waals surface area contributed by atoms with Crippen molar-refractivity contribution in [2.45, 2.75) is 33.2 Å². The first kappa shape index (κ1) is 16.0. The van der Waals surface area contributed by atoms with E-state index in [1.54, 1.807) is 0 Å². The van der Waals surface area contributed by atoms with E-state index in [2.05, 4.69) is 55.3 Å². The van der Waals surface area contributed by atoms with Crippen LogP contribution in [0, 0.1) is 0 Å². The van der Waals surface area contributed by atoms with Gasteiger partial charge in [0.2, 0.25) is 0 Å². The van der Waals surface area contributed by atoms with E-state index in [0.29, 0.717) is 6.04 Å². The van der Waals surface area contributed by atoms with Crippen molar-refractivity contribution < 1.29 is 4.74 Å². The quantitative estimate of drug-likeness (QED) is 0.742. The number of ether oxygens (including phenoxy) is 1. The second-order valence-corrected chi connectivity index (χ2v) is 4.74. The highest BCUT2D eigenvalue weighted by Crippen LogP contribution is 2.18. The van der Waals surface area contributed by atoms with Gasteiger partial charge in [-0.25, -0.2) is 0 Å². The third-order valence-corrected chi connectivity index (χ3v) is 3.44. The third kappa shape index (κ3) is 5.21. The maximum absolute atomic E-state index is 5.62. The Morgan fingerprint density at radius 3 is 2.21 bits per heavy atom. The molecule has 1 atom stereocenters. The summed E-state index contributed by atoms with van der Waals surface area (Å²) in [5.41, 5.74) is 1.32. The van der Waals surface area contributed by atoms with Crippen molar-refractivity contribution in [3.05, 3.63) is 29.8 Å². The van der Waals surface area contributed by atoms with Crippen LogP contribution in [0.2, 0.25) is 0 Å². The predicted molar refractivity (Wildman–Crippen MR) is 81.8 cm³/mol. The molecule has 108 valence electrons. The Morgan fingerprint density at radius 1 is 1.11 bits per heavy atom. The molecule has 0 bridgehead atoms. The molecule has 0 amide bonds. The van der Waals surface area contributed by atoms with E-state index in [1.807, 2.05) is 7.05 Å². The highest BCUT2D eigenvalue weighted by molar-refractivity contribution is 5.29. The molecule has 0 aliphatic carbocycles. The average Bonchev–Trinajstić information content (AvgIpc) is 2.47. The summed E-state index contributed by atoms with van der Waals surface area (Å²) in [7, 11) is 2.02. The normalized spacial score (nSPS) is 12.7. The van der Waals surface area contributed by atoms with Crippen molar-refractivity contribution in [1.82, 2.24) is 10.2 Å². The molecule has 19 heavy (non-hydrogen) atoms. The summed E-state index contributed by atoms with van der Waals surface area (Å²) in [4.78, 5) is 2.43. The first-order valence-electron chi connectivity index (χ1n) is 7.37. The summed E-state index contributed by atoms with van der Waals surface area (Å²) < 4.78 is 5.62. The Morgan fingerprint density at radius 2 is 1.74 bits per heavy atom. The molecule has 0 radical (unpaired) electrons. The van der Waals surface area contributed by atoms with Crippen LogP contribution in [-0.4, -0.2) is 38.2 Å². The fourth-order valence-electron chi connectivity index (χ4n) is 2.12. The molecule has 3 nitrogen and oxygen atoms in total. The van der Waals surface area contributed by atoms with Gasteiger partial charge >= 0.3 is 0 Å². The number of rotatable bonds is 9. The fraction of sp³-hybridized carbons (Fsp3) is 0.625. The smallest absolute Gasteiger partial charge is 0.119 e. The van der Waals surface area contributed by atoms with Gasteiger partial charge in [-0.3, -0.25) is 0 Å². The van der Waals surface area contributed by atoms with E-state index in [1.165, 1.54) is 5.56 Å². The summed E-state index contributed by atoms with van der Waals surface area (Å²) in [5.74, 6) is 0.961. The lowest BCUT2D eigenvalue weighted by molar-refractivity contribution is 0.271. The maximum Gasteiger partial charge on any atom is 0.119 e. The van der Waals surface area contributed by atoms with Crippen molar-refractivity contribution in [2.75, 3.05) is 33.3 Å². The van der Waals surface area contributed by atoms with Gasteiger partial charge in [0.1, 0.15) is 5.75 Å². The molecule has 0 aliphatic heterocycles. The first-order valence-corrected chi connectivity index (χ1v) is 7.37. The van der Waals surface area contributed by atoms with Gasteiger partial charge in [-0.1, -0.05) is 32.9 Å². The summed E-state index contributed by atoms with van der Waals surface area (Å²) in [6, 6.07) is 8.83. The molecule has 0 spiro atoms. The molecule has 0 aliphatic rings. The summed E-state index contributed by atoms with van der Waals surface area (Å²) in [6.45, 7) is 10.5. The van der Waals surface area contributed by atoms with Gasteiger partial charge in [0, 0.05) is 12.6 Å². The van der Waals surface area contributed by atoms with Crippen molar-refractivity contribution in [2.24, 2.45) is 0 Å². The van der Waals surface area contributed by atoms with Crippen LogP contribution in [0.15, 0.2) is 24.3 Å². The SMILES string of the molecule is CCCOc1ccc(C(CN(CC)CC)NC)cc1. The van der Waals surface area contributed by atoms with Crippen LogP contribution in [0.25, 0.3) is 0 Å². The zero-order chi connectivity index (χ0) is 14.1. The molecule has 0 fully saturated rings. The average molecular weight is 264 g/mol. The van der Waals surface area contributed by atoms with E-state index >= 15 is 0 Å². The third-order valence-electron chi connectivity index (χ3n) is 3.44. The van der Waals surface area contributed by atoms with Crippen molar-refractivity contribution in [3.63, 3.8) is 0 Å². The van der Waals surface area contributed by atoms with E-state index in [-0.39, 0.29) is 0 Å². The number of hydrogen-bond acceptors (Lipinski definition) is 3. The molecule has 0 aromatic heterocycles. The molecule has 0 saturated carbocycles. The molecule has 3 heteroatoms. The molecule has 1 rings (SSSR count). The van der Waals surface area contributed by atoms with Crippen LogP contribution >= 0.6 is 0 Å². The van der Waals surface area contributed by atoms with Crippen molar-refractivity contribution in [3.8, 4) is 5.75 Å². The Kier molecular flexibility index (Phi) is 7.53.